The molecular formula is C39H49ClF2N6O9S. The second kappa shape index (κ2) is 14.9. The molecule has 316 valence electrons. The van der Waals surface area contributed by atoms with Gasteiger partial charge >= 0.3 is 6.09 Å². The third-order valence-corrected chi connectivity index (χ3v) is 14.9. The molecule has 1 saturated heterocycles. The van der Waals surface area contributed by atoms with Gasteiger partial charge in [0.1, 0.15) is 29.8 Å². The number of halogens is 3. The highest BCUT2D eigenvalue weighted by Gasteiger charge is 2.67. The maximum absolute atomic E-state index is 14.7. The molecule has 5 fully saturated rings. The van der Waals surface area contributed by atoms with Crippen LogP contribution < -0.4 is 25.7 Å². The van der Waals surface area contributed by atoms with Gasteiger partial charge in [0.2, 0.25) is 28.3 Å². The third-order valence-electron chi connectivity index (χ3n) is 12.9. The number of aromatic nitrogens is 2. The summed E-state index contributed by atoms with van der Waals surface area (Å²) in [7, 11) is -4.16. The van der Waals surface area contributed by atoms with Crippen molar-refractivity contribution in [3.8, 4) is 6.01 Å². The number of hydrogen-bond donors (Lipinski definition) is 3. The zero-order valence-electron chi connectivity index (χ0n) is 32.5. The number of sulfonamides is 1. The average Bonchev–Trinajstić information content (AvgIpc) is 4.08. The molecule has 2 aromatic rings. The summed E-state index contributed by atoms with van der Waals surface area (Å²) in [4.78, 5) is 75.9. The van der Waals surface area contributed by atoms with Gasteiger partial charge in [0.25, 0.3) is 17.5 Å². The van der Waals surface area contributed by atoms with E-state index in [-0.39, 0.29) is 48.6 Å². The lowest BCUT2D eigenvalue weighted by Crippen LogP contribution is -2.60. The van der Waals surface area contributed by atoms with Crippen molar-refractivity contribution in [2.24, 2.45) is 29.1 Å². The van der Waals surface area contributed by atoms with Gasteiger partial charge in [0.05, 0.1) is 28.6 Å². The Labute approximate surface area is 339 Å². The van der Waals surface area contributed by atoms with Gasteiger partial charge in [-0.2, -0.15) is 4.98 Å². The van der Waals surface area contributed by atoms with Crippen LogP contribution in [0.1, 0.15) is 85.0 Å². The first-order chi connectivity index (χ1) is 27.4. The lowest BCUT2D eigenvalue weighted by Gasteiger charge is -2.36. The van der Waals surface area contributed by atoms with E-state index in [2.05, 4.69) is 15.6 Å². The van der Waals surface area contributed by atoms with Gasteiger partial charge in [-0.25, -0.2) is 22.0 Å². The molecule has 1 aromatic carbocycles. The number of carbonyl (C=O) groups is 4. The van der Waals surface area contributed by atoms with Crippen molar-refractivity contribution in [3.63, 3.8) is 0 Å². The topological polar surface area (TPSA) is 195 Å². The summed E-state index contributed by atoms with van der Waals surface area (Å²) in [5, 5.41) is 5.00. The summed E-state index contributed by atoms with van der Waals surface area (Å²) in [5.41, 5.74) is -3.28. The monoisotopic (exact) mass is 850 g/mol. The van der Waals surface area contributed by atoms with Crippen LogP contribution in [0.25, 0.3) is 10.9 Å². The van der Waals surface area contributed by atoms with E-state index >= 15 is 0 Å². The average molecular weight is 851 g/mol. The first-order valence-electron chi connectivity index (χ1n) is 20.2. The Morgan fingerprint density at radius 1 is 1.03 bits per heavy atom. The SMILES string of the molecule is CC(C)(C)C1NC(=O)OC2CC3CC3C2CCCCCn2c(nc3cc(Cl)ccc3c2=O)OC2CC(C(=O)NC3(C(=O)NS(=O)(=O)C4CC4)CC3C(F)F)N(C2)C1=O. The number of rotatable bonds is 6. The van der Waals surface area contributed by atoms with Crippen molar-refractivity contribution < 1.29 is 45.9 Å². The van der Waals surface area contributed by atoms with Crippen molar-refractivity contribution in [1.82, 2.24) is 29.8 Å². The van der Waals surface area contributed by atoms with Crippen LogP contribution in [0, 0.1) is 29.1 Å². The molecule has 8 rings (SSSR count). The smallest absolute Gasteiger partial charge is 0.408 e. The van der Waals surface area contributed by atoms with Crippen LogP contribution in [0.15, 0.2) is 23.0 Å². The van der Waals surface area contributed by atoms with Crippen LogP contribution >= 0.6 is 11.6 Å². The number of hydrogen-bond acceptors (Lipinski definition) is 10. The minimum atomic E-state index is -4.16. The summed E-state index contributed by atoms with van der Waals surface area (Å²) in [5.74, 6) is -3.56. The Morgan fingerprint density at radius 2 is 1.79 bits per heavy atom. The zero-order valence-corrected chi connectivity index (χ0v) is 34.1. The molecule has 19 heteroatoms. The molecule has 4 saturated carbocycles. The van der Waals surface area contributed by atoms with Crippen LogP contribution in [0.2, 0.25) is 5.02 Å². The maximum Gasteiger partial charge on any atom is 0.408 e. The Kier molecular flexibility index (Phi) is 10.4. The zero-order chi connectivity index (χ0) is 41.5. The van der Waals surface area contributed by atoms with Crippen molar-refractivity contribution in [2.45, 2.75) is 133 Å². The van der Waals surface area contributed by atoms with Gasteiger partial charge in [-0.05, 0) is 86.3 Å². The van der Waals surface area contributed by atoms with E-state index in [1.165, 1.54) is 15.5 Å². The van der Waals surface area contributed by atoms with E-state index in [1.807, 2.05) is 4.72 Å². The second-order valence-electron chi connectivity index (χ2n) is 18.1. The van der Waals surface area contributed by atoms with Crippen molar-refractivity contribution in [1.29, 1.82) is 0 Å². The summed E-state index contributed by atoms with van der Waals surface area (Å²) in [6.07, 6.45) is -0.446. The predicted molar refractivity (Wildman–Crippen MR) is 205 cm³/mol. The largest absolute Gasteiger partial charge is 0.459 e. The summed E-state index contributed by atoms with van der Waals surface area (Å²) in [6.45, 7) is 5.18. The highest BCUT2D eigenvalue weighted by Crippen LogP contribution is 2.58. The number of nitrogens with one attached hydrogen (secondary N) is 3. The molecule has 6 aliphatic rings. The van der Waals surface area contributed by atoms with Crippen LogP contribution in [0.3, 0.4) is 0 Å². The van der Waals surface area contributed by atoms with E-state index in [1.54, 1.807) is 32.9 Å². The summed E-state index contributed by atoms with van der Waals surface area (Å²) >= 11 is 6.27. The number of carbonyl (C=O) groups excluding carboxylic acids is 4. The first kappa shape index (κ1) is 40.7. The number of fused-ring (bicyclic) bond motifs is 7. The molecule has 58 heavy (non-hydrogen) atoms. The van der Waals surface area contributed by atoms with E-state index in [9.17, 15) is 41.2 Å². The number of ether oxygens (including phenoxy) is 2. The molecule has 4 amide bonds. The highest BCUT2D eigenvalue weighted by molar-refractivity contribution is 7.91. The fraction of sp³-hybridized carbons (Fsp3) is 0.692. The number of alkyl carbamates (subject to hydrolysis) is 1. The van der Waals surface area contributed by atoms with Gasteiger partial charge in [-0.15, -0.1) is 0 Å². The van der Waals surface area contributed by atoms with Crippen molar-refractivity contribution in [3.05, 3.63) is 33.6 Å². The molecule has 1 aromatic heterocycles. The number of nitrogens with zero attached hydrogens (tertiary/aromatic N) is 3. The molecule has 3 N–H and O–H groups in total. The summed E-state index contributed by atoms with van der Waals surface area (Å²) < 4.78 is 69.5. The minimum Gasteiger partial charge on any atom is -0.459 e. The molecule has 3 heterocycles. The van der Waals surface area contributed by atoms with Crippen molar-refractivity contribution in [2.75, 3.05) is 6.54 Å². The fourth-order valence-electron chi connectivity index (χ4n) is 9.31. The molecule has 0 radical (unpaired) electrons. The van der Waals surface area contributed by atoms with Crippen LogP contribution in [-0.4, -0.2) is 94.7 Å². The standard InChI is InChI=1S/C39H49ClF2N6O9S/c1-38(2,3)30-34(51)48-18-21(16-28(48)32(49)45-39(17-26(39)31(41)42)35(52)46-58(54,55)22-9-10-22)56-36-43-27-15-20(40)8-11-24(27)33(50)47(36)12-6-4-5-7-23-25-13-19(25)14-29(23)57-37(53)44-30/h8,11,15,19,21-23,25-26,28-31H,4-7,9-10,12-14,16-18H2,1-3H3,(H,44,53)(H,45,49)(H,46,52). The second-order valence-corrected chi connectivity index (χ2v) is 20.5. The highest BCUT2D eigenvalue weighted by atomic mass is 35.5. The molecule has 9 unspecified atom stereocenters. The van der Waals surface area contributed by atoms with Gasteiger partial charge in [0, 0.05) is 18.0 Å². The van der Waals surface area contributed by atoms with Gasteiger partial charge < -0.3 is 25.0 Å². The molecule has 2 bridgehead atoms. The maximum atomic E-state index is 14.7. The van der Waals surface area contributed by atoms with Crippen LogP contribution in [-0.2, 0) is 35.7 Å². The van der Waals surface area contributed by atoms with Gasteiger partial charge in [-0.1, -0.05) is 45.2 Å². The fourth-order valence-corrected chi connectivity index (χ4v) is 10.8. The van der Waals surface area contributed by atoms with E-state index < -0.39 is 87.0 Å². The molecule has 0 spiro atoms. The Hall–Kier alpha value is -4.06. The van der Waals surface area contributed by atoms with Gasteiger partial charge in [-0.3, -0.25) is 28.5 Å². The van der Waals surface area contributed by atoms with Gasteiger partial charge in [0.15, 0.2) is 0 Å². The molecule has 2 aliphatic heterocycles. The number of benzene rings is 1. The predicted octanol–water partition coefficient (Wildman–Crippen LogP) is 3.89. The van der Waals surface area contributed by atoms with Crippen LogP contribution in [0.5, 0.6) is 6.01 Å². The third kappa shape index (κ3) is 7.86. The molecule has 9 atom stereocenters. The van der Waals surface area contributed by atoms with Crippen LogP contribution in [0.4, 0.5) is 13.6 Å². The number of alkyl halides is 2. The molecular weight excluding hydrogens is 802 g/mol. The molecule has 15 nitrogen and oxygen atoms in total. The first-order valence-corrected chi connectivity index (χ1v) is 22.1. The minimum absolute atomic E-state index is 0.0637. The van der Waals surface area contributed by atoms with E-state index in [4.69, 9.17) is 21.1 Å². The lowest BCUT2D eigenvalue weighted by atomic mass is 9.85. The van der Waals surface area contributed by atoms with Crippen molar-refractivity contribution >= 4 is 56.3 Å². The van der Waals surface area contributed by atoms with E-state index in [0.717, 1.165) is 32.1 Å². The Morgan fingerprint density at radius 3 is 2.48 bits per heavy atom. The normalized spacial score (nSPS) is 32.8. The Balaban J connectivity index is 1.14. The lowest BCUT2D eigenvalue weighted by molar-refractivity contribution is -0.143. The quantitative estimate of drug-likeness (QED) is 0.384. The summed E-state index contributed by atoms with van der Waals surface area (Å²) in [6, 6.07) is 1.96. The Bertz CT molecular complexity index is 2200. The molecule has 4 aliphatic carbocycles. The van der Waals surface area contributed by atoms with E-state index in [0.29, 0.717) is 41.5 Å². The number of amides is 4.